The summed E-state index contributed by atoms with van der Waals surface area (Å²) in [5, 5.41) is 11.9. The van der Waals surface area contributed by atoms with E-state index in [1.165, 1.54) is 0 Å². The summed E-state index contributed by atoms with van der Waals surface area (Å²) in [6.07, 6.45) is 1.16. The first-order valence-corrected chi connectivity index (χ1v) is 7.31. The van der Waals surface area contributed by atoms with Crippen molar-refractivity contribution in [2.24, 2.45) is 5.92 Å². The van der Waals surface area contributed by atoms with Gasteiger partial charge in [-0.15, -0.1) is 0 Å². The molecule has 1 aromatic rings. The highest BCUT2D eigenvalue weighted by molar-refractivity contribution is 6.01. The lowest BCUT2D eigenvalue weighted by Gasteiger charge is -2.29. The van der Waals surface area contributed by atoms with Gasteiger partial charge in [-0.3, -0.25) is 9.59 Å². The van der Waals surface area contributed by atoms with Gasteiger partial charge in [0.2, 0.25) is 11.8 Å². The molecule has 0 aliphatic carbocycles. The van der Waals surface area contributed by atoms with Crippen molar-refractivity contribution in [2.75, 3.05) is 18.1 Å². The molecule has 1 aliphatic rings. The molecule has 0 bridgehead atoms. The van der Waals surface area contributed by atoms with Gasteiger partial charge in [0.1, 0.15) is 6.54 Å². The molecule has 0 saturated carbocycles. The number of hydrogen-bond acceptors (Lipinski definition) is 3. The fourth-order valence-corrected chi connectivity index (χ4v) is 2.41. The molecule has 5 nitrogen and oxygen atoms in total. The maximum absolute atomic E-state index is 12.1. The Bertz CT molecular complexity index is 530. The van der Waals surface area contributed by atoms with Gasteiger partial charge in [-0.25, -0.2) is 0 Å². The van der Waals surface area contributed by atoms with Gasteiger partial charge in [0, 0.05) is 24.8 Å². The van der Waals surface area contributed by atoms with Crippen LogP contribution in [0.25, 0.3) is 0 Å². The Morgan fingerprint density at radius 1 is 1.33 bits per heavy atom. The first-order valence-electron chi connectivity index (χ1n) is 7.31. The van der Waals surface area contributed by atoms with E-state index in [0.717, 1.165) is 17.7 Å². The SMILES string of the molecule is CC(CO)C(C)NC(=O)CN1C(=O)CCc2ccccc21. The number of fused-ring (bicyclic) bond motifs is 1. The highest BCUT2D eigenvalue weighted by Gasteiger charge is 2.26. The predicted molar refractivity (Wildman–Crippen MR) is 81.0 cm³/mol. The second-order valence-corrected chi connectivity index (χ2v) is 5.62. The van der Waals surface area contributed by atoms with Gasteiger partial charge < -0.3 is 15.3 Å². The molecular formula is C16H22N2O3. The van der Waals surface area contributed by atoms with E-state index in [9.17, 15) is 9.59 Å². The molecule has 0 fully saturated rings. The summed E-state index contributed by atoms with van der Waals surface area (Å²) in [6.45, 7) is 3.77. The monoisotopic (exact) mass is 290 g/mol. The van der Waals surface area contributed by atoms with Crippen LogP contribution in [-0.2, 0) is 16.0 Å². The Labute approximate surface area is 125 Å². The van der Waals surface area contributed by atoms with Crippen LogP contribution in [0.1, 0.15) is 25.8 Å². The Hall–Kier alpha value is -1.88. The minimum Gasteiger partial charge on any atom is -0.396 e. The van der Waals surface area contributed by atoms with Gasteiger partial charge in [-0.05, 0) is 30.9 Å². The van der Waals surface area contributed by atoms with Crippen LogP contribution < -0.4 is 10.2 Å². The van der Waals surface area contributed by atoms with E-state index in [1.54, 1.807) is 4.90 Å². The van der Waals surface area contributed by atoms with Crippen LogP contribution in [0.5, 0.6) is 0 Å². The topological polar surface area (TPSA) is 69.6 Å². The average molecular weight is 290 g/mol. The highest BCUT2D eigenvalue weighted by atomic mass is 16.3. The minimum absolute atomic E-state index is 0.0155. The van der Waals surface area contributed by atoms with E-state index < -0.39 is 0 Å². The van der Waals surface area contributed by atoms with Gasteiger partial charge in [0.05, 0.1) is 0 Å². The molecule has 1 aliphatic heterocycles. The molecule has 0 saturated heterocycles. The number of carbonyl (C=O) groups excluding carboxylic acids is 2. The predicted octanol–water partition coefficient (Wildman–Crippen LogP) is 1.10. The Morgan fingerprint density at radius 2 is 2.05 bits per heavy atom. The fourth-order valence-electron chi connectivity index (χ4n) is 2.41. The number of nitrogens with one attached hydrogen (secondary N) is 1. The van der Waals surface area contributed by atoms with Gasteiger partial charge >= 0.3 is 0 Å². The molecular weight excluding hydrogens is 268 g/mol. The van der Waals surface area contributed by atoms with Gasteiger partial charge in [-0.1, -0.05) is 25.1 Å². The Morgan fingerprint density at radius 3 is 2.76 bits per heavy atom. The first kappa shape index (κ1) is 15.5. The lowest BCUT2D eigenvalue weighted by Crippen LogP contribution is -2.47. The molecule has 114 valence electrons. The van der Waals surface area contributed by atoms with Crippen molar-refractivity contribution in [3.8, 4) is 0 Å². The molecule has 2 atom stereocenters. The number of aryl methyl sites for hydroxylation is 1. The first-order chi connectivity index (χ1) is 10.0. The molecule has 0 aromatic heterocycles. The average Bonchev–Trinajstić information content (AvgIpc) is 2.49. The molecule has 2 unspecified atom stereocenters. The third-order valence-electron chi connectivity index (χ3n) is 4.02. The van der Waals surface area contributed by atoms with Crippen LogP contribution >= 0.6 is 0 Å². The molecule has 0 radical (unpaired) electrons. The van der Waals surface area contributed by atoms with Crippen molar-refractivity contribution in [3.63, 3.8) is 0 Å². The fraction of sp³-hybridized carbons (Fsp3) is 0.500. The lowest BCUT2D eigenvalue weighted by atomic mass is 10.0. The van der Waals surface area contributed by atoms with Crippen molar-refractivity contribution < 1.29 is 14.7 Å². The summed E-state index contributed by atoms with van der Waals surface area (Å²) in [5.74, 6) is -0.238. The van der Waals surface area contributed by atoms with Crippen LogP contribution in [-0.4, -0.2) is 36.1 Å². The van der Waals surface area contributed by atoms with Crippen molar-refractivity contribution in [3.05, 3.63) is 29.8 Å². The largest absolute Gasteiger partial charge is 0.396 e. The summed E-state index contributed by atoms with van der Waals surface area (Å²) in [7, 11) is 0. The second kappa shape index (κ2) is 6.72. The Kier molecular flexibility index (Phi) is 4.96. The summed E-state index contributed by atoms with van der Waals surface area (Å²) < 4.78 is 0. The lowest BCUT2D eigenvalue weighted by molar-refractivity contribution is -0.124. The molecule has 0 spiro atoms. The summed E-state index contributed by atoms with van der Waals surface area (Å²) in [6, 6.07) is 7.55. The number of nitrogens with zero attached hydrogens (tertiary/aromatic N) is 1. The zero-order valence-electron chi connectivity index (χ0n) is 12.5. The molecule has 1 aromatic carbocycles. The van der Waals surface area contributed by atoms with Crippen molar-refractivity contribution in [1.82, 2.24) is 5.32 Å². The number of amides is 2. The summed E-state index contributed by atoms with van der Waals surface area (Å²) in [4.78, 5) is 25.7. The van der Waals surface area contributed by atoms with E-state index >= 15 is 0 Å². The van der Waals surface area contributed by atoms with Crippen LogP contribution in [0.3, 0.4) is 0 Å². The van der Waals surface area contributed by atoms with Crippen LogP contribution in [0.2, 0.25) is 0 Å². The summed E-state index contributed by atoms with van der Waals surface area (Å²) in [5.41, 5.74) is 1.92. The number of rotatable bonds is 5. The zero-order valence-corrected chi connectivity index (χ0v) is 12.5. The Balaban J connectivity index is 2.05. The molecule has 5 heteroatoms. The minimum atomic E-state index is -0.201. The number of aliphatic hydroxyl groups excluding tert-OH is 1. The van der Waals surface area contributed by atoms with Crippen LogP contribution in [0.15, 0.2) is 24.3 Å². The number of benzene rings is 1. The van der Waals surface area contributed by atoms with E-state index in [4.69, 9.17) is 5.11 Å². The molecule has 2 amide bonds. The van der Waals surface area contributed by atoms with E-state index in [0.29, 0.717) is 6.42 Å². The number of anilines is 1. The highest BCUT2D eigenvalue weighted by Crippen LogP contribution is 2.27. The maximum Gasteiger partial charge on any atom is 0.240 e. The smallest absolute Gasteiger partial charge is 0.240 e. The molecule has 2 rings (SSSR count). The quantitative estimate of drug-likeness (QED) is 0.853. The maximum atomic E-state index is 12.1. The van der Waals surface area contributed by atoms with Crippen molar-refractivity contribution in [1.29, 1.82) is 0 Å². The van der Waals surface area contributed by atoms with E-state index in [2.05, 4.69) is 5.32 Å². The zero-order chi connectivity index (χ0) is 15.4. The number of aliphatic hydroxyl groups is 1. The van der Waals surface area contributed by atoms with E-state index in [-0.39, 0.29) is 36.9 Å². The molecule has 2 N–H and O–H groups in total. The molecule has 1 heterocycles. The van der Waals surface area contributed by atoms with Gasteiger partial charge in [0.15, 0.2) is 0 Å². The second-order valence-electron chi connectivity index (χ2n) is 5.62. The third-order valence-corrected chi connectivity index (χ3v) is 4.02. The number of carbonyl (C=O) groups is 2. The standard InChI is InChI=1S/C16H22N2O3/c1-11(10-19)12(2)17-15(20)9-18-14-6-4-3-5-13(14)7-8-16(18)21/h3-6,11-12,19H,7-10H2,1-2H3,(H,17,20). The van der Waals surface area contributed by atoms with Crippen molar-refractivity contribution >= 4 is 17.5 Å². The normalized spacial score (nSPS) is 17.1. The third kappa shape index (κ3) is 3.61. The van der Waals surface area contributed by atoms with Crippen molar-refractivity contribution in [2.45, 2.75) is 32.7 Å². The van der Waals surface area contributed by atoms with E-state index in [1.807, 2.05) is 38.1 Å². The summed E-state index contributed by atoms with van der Waals surface area (Å²) >= 11 is 0. The van der Waals surface area contributed by atoms with Gasteiger partial charge in [-0.2, -0.15) is 0 Å². The van der Waals surface area contributed by atoms with Gasteiger partial charge in [0.25, 0.3) is 0 Å². The number of hydrogen-bond donors (Lipinski definition) is 2. The number of para-hydroxylation sites is 1. The molecule has 21 heavy (non-hydrogen) atoms. The van der Waals surface area contributed by atoms with Crippen LogP contribution in [0, 0.1) is 5.92 Å². The van der Waals surface area contributed by atoms with Crippen LogP contribution in [0.4, 0.5) is 5.69 Å².